The highest BCUT2D eigenvalue weighted by Crippen LogP contribution is 2.29. The quantitative estimate of drug-likeness (QED) is 0.520. The number of rotatable bonds is 8. The minimum Gasteiger partial charge on any atom is -0.383 e. The zero-order valence-electron chi connectivity index (χ0n) is 15.8. The molecule has 0 aliphatic rings. The Morgan fingerprint density at radius 2 is 1.96 bits per heavy atom. The van der Waals surface area contributed by atoms with E-state index in [1.165, 1.54) is 28.7 Å². The number of hydrogen-bond acceptors (Lipinski definition) is 7. The minimum absolute atomic E-state index is 0.0531. The average Bonchev–Trinajstić information content (AvgIpc) is 3.02. The highest BCUT2D eigenvalue weighted by molar-refractivity contribution is 8.02. The number of nitrogens with zero attached hydrogens (tertiary/aromatic N) is 2. The van der Waals surface area contributed by atoms with Crippen LogP contribution in [0, 0.1) is 0 Å². The van der Waals surface area contributed by atoms with Crippen molar-refractivity contribution in [2.75, 3.05) is 30.9 Å². The van der Waals surface area contributed by atoms with Gasteiger partial charge in [-0.3, -0.25) is 4.79 Å². The van der Waals surface area contributed by atoms with Crippen molar-refractivity contribution in [1.82, 2.24) is 10.2 Å². The van der Waals surface area contributed by atoms with Gasteiger partial charge in [-0.15, -0.1) is 10.2 Å². The van der Waals surface area contributed by atoms with Gasteiger partial charge in [0.05, 0.1) is 11.9 Å². The Balaban J connectivity index is 1.87. The third kappa shape index (κ3) is 6.26. The topological polar surface area (TPSA) is 76.1 Å². The van der Waals surface area contributed by atoms with Gasteiger partial charge in [-0.1, -0.05) is 56.0 Å². The van der Waals surface area contributed by atoms with Crippen LogP contribution in [0.5, 0.6) is 0 Å². The lowest BCUT2D eigenvalue weighted by Crippen LogP contribution is -2.22. The van der Waals surface area contributed by atoms with Crippen molar-refractivity contribution in [3.05, 3.63) is 29.8 Å². The lowest BCUT2D eigenvalue weighted by Gasteiger charge is -2.19. The first kappa shape index (κ1) is 20.7. The Morgan fingerprint density at radius 1 is 1.27 bits per heavy atom. The Morgan fingerprint density at radius 3 is 2.58 bits per heavy atom. The van der Waals surface area contributed by atoms with E-state index in [2.05, 4.69) is 53.7 Å². The van der Waals surface area contributed by atoms with Crippen molar-refractivity contribution in [3.8, 4) is 0 Å². The third-order valence-electron chi connectivity index (χ3n) is 3.65. The van der Waals surface area contributed by atoms with E-state index in [0.29, 0.717) is 13.2 Å². The van der Waals surface area contributed by atoms with Crippen molar-refractivity contribution in [1.29, 1.82) is 0 Å². The van der Waals surface area contributed by atoms with Gasteiger partial charge in [-0.2, -0.15) is 0 Å². The van der Waals surface area contributed by atoms with Crippen LogP contribution in [0.25, 0.3) is 0 Å². The van der Waals surface area contributed by atoms with Gasteiger partial charge in [0, 0.05) is 19.3 Å². The van der Waals surface area contributed by atoms with Crippen LogP contribution in [-0.4, -0.2) is 41.6 Å². The molecular formula is C18H26N4O2S2. The molecule has 2 N–H and O–H groups in total. The monoisotopic (exact) mass is 394 g/mol. The standard InChI is InChI=1S/C18H26N4O2S2/c1-12(25-17-22-21-16(26-17)19-10-11-24-5)15(23)20-14-8-6-13(7-9-14)18(2,3)4/h6-9,12H,10-11H2,1-5H3,(H,19,21)(H,20,23). The lowest BCUT2D eigenvalue weighted by molar-refractivity contribution is -0.115. The smallest absolute Gasteiger partial charge is 0.237 e. The van der Waals surface area contributed by atoms with E-state index in [1.807, 2.05) is 19.1 Å². The SMILES string of the molecule is COCCNc1nnc(SC(C)C(=O)Nc2ccc(C(C)(C)C)cc2)s1. The highest BCUT2D eigenvalue weighted by atomic mass is 32.2. The number of benzene rings is 1. The first-order valence-electron chi connectivity index (χ1n) is 8.44. The molecule has 0 spiro atoms. The molecule has 0 saturated heterocycles. The Labute approximate surface area is 163 Å². The summed E-state index contributed by atoms with van der Waals surface area (Å²) < 4.78 is 5.74. The molecule has 0 bridgehead atoms. The molecule has 1 aromatic carbocycles. The fraction of sp³-hybridized carbons (Fsp3) is 0.500. The molecule has 1 amide bonds. The molecule has 0 radical (unpaired) electrons. The van der Waals surface area contributed by atoms with Gasteiger partial charge in [0.25, 0.3) is 0 Å². The maximum absolute atomic E-state index is 12.4. The third-order valence-corrected chi connectivity index (χ3v) is 5.72. The number of amides is 1. The lowest BCUT2D eigenvalue weighted by atomic mass is 9.87. The van der Waals surface area contributed by atoms with Crippen LogP contribution in [0.4, 0.5) is 10.8 Å². The molecule has 26 heavy (non-hydrogen) atoms. The molecule has 2 aromatic rings. The van der Waals surface area contributed by atoms with Crippen LogP contribution < -0.4 is 10.6 Å². The number of thioether (sulfide) groups is 1. The number of methoxy groups -OCH3 is 1. The summed E-state index contributed by atoms with van der Waals surface area (Å²) in [4.78, 5) is 12.4. The van der Waals surface area contributed by atoms with Crippen LogP contribution in [0.15, 0.2) is 28.6 Å². The summed E-state index contributed by atoms with van der Waals surface area (Å²) in [5.41, 5.74) is 2.13. The molecule has 1 atom stereocenters. The van der Waals surface area contributed by atoms with Crippen molar-refractivity contribution in [3.63, 3.8) is 0 Å². The maximum atomic E-state index is 12.4. The van der Waals surface area contributed by atoms with Gasteiger partial charge in [0.2, 0.25) is 11.0 Å². The van der Waals surface area contributed by atoms with E-state index < -0.39 is 0 Å². The van der Waals surface area contributed by atoms with E-state index in [1.54, 1.807) is 7.11 Å². The molecule has 6 nitrogen and oxygen atoms in total. The Hall–Kier alpha value is -1.64. The summed E-state index contributed by atoms with van der Waals surface area (Å²) in [6.45, 7) is 9.65. The molecule has 142 valence electrons. The van der Waals surface area contributed by atoms with E-state index in [-0.39, 0.29) is 16.6 Å². The Bertz CT molecular complexity index is 711. The number of ether oxygens (including phenoxy) is 1. The van der Waals surface area contributed by atoms with Gasteiger partial charge in [-0.25, -0.2) is 0 Å². The normalized spacial score (nSPS) is 12.7. The summed E-state index contributed by atoms with van der Waals surface area (Å²) in [5.74, 6) is -0.0531. The molecule has 0 saturated carbocycles. The van der Waals surface area contributed by atoms with Gasteiger partial charge >= 0.3 is 0 Å². The second kappa shape index (κ2) is 9.34. The number of nitrogens with one attached hydrogen (secondary N) is 2. The van der Waals surface area contributed by atoms with Gasteiger partial charge in [0.1, 0.15) is 0 Å². The molecule has 8 heteroatoms. The van der Waals surface area contributed by atoms with E-state index in [4.69, 9.17) is 4.74 Å². The summed E-state index contributed by atoms with van der Waals surface area (Å²) >= 11 is 2.83. The van der Waals surface area contributed by atoms with Crippen molar-refractivity contribution in [2.45, 2.75) is 42.7 Å². The second-order valence-corrected chi connectivity index (χ2v) is 9.43. The van der Waals surface area contributed by atoms with Crippen LogP contribution in [0.1, 0.15) is 33.3 Å². The molecule has 0 aliphatic heterocycles. The van der Waals surface area contributed by atoms with E-state index >= 15 is 0 Å². The highest BCUT2D eigenvalue weighted by Gasteiger charge is 2.18. The number of carbonyl (C=O) groups excluding carboxylic acids is 1. The molecule has 0 aliphatic carbocycles. The molecular weight excluding hydrogens is 368 g/mol. The second-order valence-electron chi connectivity index (χ2n) is 6.87. The Kier molecular flexibility index (Phi) is 7.43. The van der Waals surface area contributed by atoms with Gasteiger partial charge < -0.3 is 15.4 Å². The molecule has 1 heterocycles. The summed E-state index contributed by atoms with van der Waals surface area (Å²) in [5, 5.41) is 14.7. The van der Waals surface area contributed by atoms with E-state index in [9.17, 15) is 4.79 Å². The van der Waals surface area contributed by atoms with Gasteiger partial charge in [-0.05, 0) is 30.0 Å². The molecule has 2 rings (SSSR count). The van der Waals surface area contributed by atoms with Crippen LogP contribution in [-0.2, 0) is 14.9 Å². The fourth-order valence-electron chi connectivity index (χ4n) is 2.09. The number of anilines is 2. The first-order valence-corrected chi connectivity index (χ1v) is 10.1. The first-order chi connectivity index (χ1) is 12.3. The zero-order valence-corrected chi connectivity index (χ0v) is 17.5. The fourth-order valence-corrected chi connectivity index (χ4v) is 4.01. The number of aromatic nitrogens is 2. The maximum Gasteiger partial charge on any atom is 0.237 e. The molecule has 0 fully saturated rings. The van der Waals surface area contributed by atoms with Crippen molar-refractivity contribution < 1.29 is 9.53 Å². The predicted octanol–water partition coefficient (Wildman–Crippen LogP) is 4.01. The minimum atomic E-state index is -0.267. The average molecular weight is 395 g/mol. The van der Waals surface area contributed by atoms with Crippen LogP contribution >= 0.6 is 23.1 Å². The summed E-state index contributed by atoms with van der Waals surface area (Å²) in [7, 11) is 1.65. The van der Waals surface area contributed by atoms with Crippen molar-refractivity contribution in [2.24, 2.45) is 0 Å². The molecule has 1 aromatic heterocycles. The van der Waals surface area contributed by atoms with Crippen LogP contribution in [0.2, 0.25) is 0 Å². The van der Waals surface area contributed by atoms with Crippen LogP contribution in [0.3, 0.4) is 0 Å². The summed E-state index contributed by atoms with van der Waals surface area (Å²) in [6, 6.07) is 7.99. The largest absolute Gasteiger partial charge is 0.383 e. The van der Waals surface area contributed by atoms with E-state index in [0.717, 1.165) is 15.2 Å². The van der Waals surface area contributed by atoms with Gasteiger partial charge in [0.15, 0.2) is 4.34 Å². The predicted molar refractivity (Wildman–Crippen MR) is 109 cm³/mol. The molecule has 1 unspecified atom stereocenters. The van der Waals surface area contributed by atoms with Crippen molar-refractivity contribution >= 4 is 39.8 Å². The summed E-state index contributed by atoms with van der Waals surface area (Å²) in [6.07, 6.45) is 0. The number of hydrogen-bond donors (Lipinski definition) is 2. The zero-order chi connectivity index (χ0) is 19.2. The number of carbonyl (C=O) groups is 1.